The van der Waals surface area contributed by atoms with E-state index < -0.39 is 11.0 Å². The number of nitro groups is 1. The van der Waals surface area contributed by atoms with Gasteiger partial charge in [0, 0.05) is 24.2 Å². The first-order valence-corrected chi connectivity index (χ1v) is 8.11. The van der Waals surface area contributed by atoms with E-state index in [4.69, 9.17) is 16.3 Å². The summed E-state index contributed by atoms with van der Waals surface area (Å²) in [6.07, 6.45) is 2.40. The van der Waals surface area contributed by atoms with Crippen LogP contribution < -0.4 is 4.74 Å². The van der Waals surface area contributed by atoms with Crippen molar-refractivity contribution in [1.82, 2.24) is 4.90 Å². The van der Waals surface area contributed by atoms with E-state index >= 15 is 0 Å². The van der Waals surface area contributed by atoms with E-state index in [1.807, 2.05) is 18.7 Å². The average molecular weight is 341 g/mol. The van der Waals surface area contributed by atoms with Gasteiger partial charge in [0.15, 0.2) is 6.10 Å². The maximum absolute atomic E-state index is 12.7. The lowest BCUT2D eigenvalue weighted by Gasteiger charge is -2.40. The summed E-state index contributed by atoms with van der Waals surface area (Å²) in [5.74, 6) is 0.189. The number of likely N-dealkylation sites (tertiary alicyclic amines) is 1. The molecule has 1 amide bonds. The molecule has 1 aromatic rings. The number of non-ortho nitro benzene ring substituents is 1. The molecule has 0 bridgehead atoms. The van der Waals surface area contributed by atoms with Crippen LogP contribution in [0.4, 0.5) is 5.69 Å². The maximum atomic E-state index is 12.7. The van der Waals surface area contributed by atoms with Gasteiger partial charge in [-0.25, -0.2) is 0 Å². The van der Waals surface area contributed by atoms with Crippen LogP contribution in [-0.4, -0.2) is 33.9 Å². The van der Waals surface area contributed by atoms with Gasteiger partial charge in [-0.15, -0.1) is 0 Å². The molecule has 126 valence electrons. The van der Waals surface area contributed by atoms with E-state index in [0.717, 1.165) is 19.3 Å². The smallest absolute Gasteiger partial charge is 0.271 e. The van der Waals surface area contributed by atoms with Crippen LogP contribution in [0.25, 0.3) is 0 Å². The van der Waals surface area contributed by atoms with Crippen molar-refractivity contribution >= 4 is 23.2 Å². The van der Waals surface area contributed by atoms with E-state index in [0.29, 0.717) is 0 Å². The third-order valence-corrected chi connectivity index (χ3v) is 4.52. The molecule has 0 spiro atoms. The zero-order chi connectivity index (χ0) is 17.1. The fourth-order valence-corrected chi connectivity index (χ4v) is 3.22. The second kappa shape index (κ2) is 7.17. The number of amides is 1. The number of nitrogens with zero attached hydrogens (tertiary/aromatic N) is 2. The molecule has 3 atom stereocenters. The second-order valence-electron chi connectivity index (χ2n) is 6.01. The van der Waals surface area contributed by atoms with Gasteiger partial charge in [-0.1, -0.05) is 11.6 Å². The van der Waals surface area contributed by atoms with Gasteiger partial charge in [0.25, 0.3) is 11.6 Å². The molecule has 1 heterocycles. The van der Waals surface area contributed by atoms with Gasteiger partial charge in [0.2, 0.25) is 0 Å². The van der Waals surface area contributed by atoms with Crippen LogP contribution in [0.1, 0.15) is 40.0 Å². The molecule has 0 N–H and O–H groups in total. The first kappa shape index (κ1) is 17.5. The molecule has 0 unspecified atom stereocenters. The number of carbonyl (C=O) groups is 1. The summed E-state index contributed by atoms with van der Waals surface area (Å²) in [4.78, 5) is 24.7. The third kappa shape index (κ3) is 3.93. The first-order chi connectivity index (χ1) is 10.8. The maximum Gasteiger partial charge on any atom is 0.271 e. The van der Waals surface area contributed by atoms with Crippen molar-refractivity contribution in [3.8, 4) is 5.75 Å². The largest absolute Gasteiger partial charge is 0.479 e. The van der Waals surface area contributed by atoms with Gasteiger partial charge in [0.05, 0.1) is 9.95 Å². The molecule has 0 saturated carbocycles. The Labute approximate surface area is 140 Å². The number of hydrogen-bond acceptors (Lipinski definition) is 4. The van der Waals surface area contributed by atoms with Crippen molar-refractivity contribution in [2.75, 3.05) is 0 Å². The van der Waals surface area contributed by atoms with Gasteiger partial charge in [0.1, 0.15) is 5.75 Å². The molecule has 0 aromatic heterocycles. The van der Waals surface area contributed by atoms with E-state index in [1.54, 1.807) is 6.92 Å². The summed E-state index contributed by atoms with van der Waals surface area (Å²) < 4.78 is 5.65. The van der Waals surface area contributed by atoms with E-state index in [2.05, 4.69) is 0 Å². The lowest BCUT2D eigenvalue weighted by Crippen LogP contribution is -2.51. The topological polar surface area (TPSA) is 72.7 Å². The molecule has 2 rings (SSSR count). The molecule has 1 aliphatic rings. The zero-order valence-electron chi connectivity index (χ0n) is 13.5. The lowest BCUT2D eigenvalue weighted by atomic mass is 9.97. The van der Waals surface area contributed by atoms with Crippen LogP contribution in [-0.2, 0) is 4.79 Å². The van der Waals surface area contributed by atoms with E-state index in [9.17, 15) is 14.9 Å². The minimum absolute atomic E-state index is 0.0841. The molecule has 0 aliphatic carbocycles. The van der Waals surface area contributed by atoms with Crippen molar-refractivity contribution in [3.05, 3.63) is 33.3 Å². The van der Waals surface area contributed by atoms with Crippen LogP contribution >= 0.6 is 11.6 Å². The van der Waals surface area contributed by atoms with E-state index in [1.165, 1.54) is 18.2 Å². The number of piperidine rings is 1. The van der Waals surface area contributed by atoms with Gasteiger partial charge in [-0.3, -0.25) is 14.9 Å². The Morgan fingerprint density at radius 3 is 2.52 bits per heavy atom. The Morgan fingerprint density at radius 2 is 2.00 bits per heavy atom. The average Bonchev–Trinajstić information content (AvgIpc) is 2.48. The molecule has 23 heavy (non-hydrogen) atoms. The van der Waals surface area contributed by atoms with Crippen LogP contribution in [0, 0.1) is 10.1 Å². The van der Waals surface area contributed by atoms with Gasteiger partial charge in [-0.05, 0) is 46.1 Å². The zero-order valence-corrected chi connectivity index (χ0v) is 14.2. The number of halogens is 1. The molecule has 1 aliphatic heterocycles. The molecule has 6 nitrogen and oxygen atoms in total. The van der Waals surface area contributed by atoms with Gasteiger partial charge >= 0.3 is 0 Å². The minimum atomic E-state index is -0.697. The summed E-state index contributed by atoms with van der Waals surface area (Å²) in [7, 11) is 0. The molecule has 1 saturated heterocycles. The molecular weight excluding hydrogens is 320 g/mol. The number of carbonyl (C=O) groups excluding carboxylic acids is 1. The predicted octanol–water partition coefficient (Wildman–Crippen LogP) is 3.81. The van der Waals surface area contributed by atoms with Crippen LogP contribution in [0.3, 0.4) is 0 Å². The standard InChI is InChI=1S/C16H21ClN2O4/c1-10-5-4-6-11(2)18(10)16(20)12(3)23-15-8-7-13(19(21)22)9-14(15)17/h7-12H,4-6H2,1-3H3/t10-,11-,12+/m0/s1. The fraction of sp³-hybridized carbons (Fsp3) is 0.562. The number of benzene rings is 1. The number of ether oxygens (including phenoxy) is 1. The molecule has 7 heteroatoms. The Morgan fingerprint density at radius 1 is 1.39 bits per heavy atom. The predicted molar refractivity (Wildman–Crippen MR) is 87.8 cm³/mol. The summed E-state index contributed by atoms with van der Waals surface area (Å²) in [6, 6.07) is 4.33. The first-order valence-electron chi connectivity index (χ1n) is 7.74. The van der Waals surface area contributed by atoms with Crippen molar-refractivity contribution in [2.45, 2.75) is 58.2 Å². The van der Waals surface area contributed by atoms with Crippen LogP contribution in [0.2, 0.25) is 5.02 Å². The number of rotatable bonds is 4. The summed E-state index contributed by atoms with van der Waals surface area (Å²) in [6.45, 7) is 5.76. The third-order valence-electron chi connectivity index (χ3n) is 4.23. The SMILES string of the molecule is C[C@@H](Oc1ccc([N+](=O)[O-])cc1Cl)C(=O)N1[C@@H](C)CCC[C@@H]1C. The quantitative estimate of drug-likeness (QED) is 0.617. The second-order valence-corrected chi connectivity index (χ2v) is 6.41. The van der Waals surface area contributed by atoms with Crippen molar-refractivity contribution in [3.63, 3.8) is 0 Å². The number of hydrogen-bond donors (Lipinski definition) is 0. The normalized spacial score (nSPS) is 22.5. The summed E-state index contributed by atoms with van der Waals surface area (Å²) in [5.41, 5.74) is -0.111. The van der Waals surface area contributed by atoms with Gasteiger partial charge in [-0.2, -0.15) is 0 Å². The van der Waals surface area contributed by atoms with Crippen molar-refractivity contribution in [1.29, 1.82) is 0 Å². The molecule has 1 fully saturated rings. The lowest BCUT2D eigenvalue weighted by molar-refractivity contribution is -0.384. The van der Waals surface area contributed by atoms with Crippen LogP contribution in [0.5, 0.6) is 5.75 Å². The van der Waals surface area contributed by atoms with E-state index in [-0.39, 0.29) is 34.5 Å². The molecular formula is C16H21ClN2O4. The van der Waals surface area contributed by atoms with Crippen LogP contribution in [0.15, 0.2) is 18.2 Å². The summed E-state index contributed by atoms with van der Waals surface area (Å²) in [5, 5.41) is 10.8. The number of nitro benzene ring substituents is 1. The highest BCUT2D eigenvalue weighted by Crippen LogP contribution is 2.30. The molecule has 0 radical (unpaired) electrons. The monoisotopic (exact) mass is 340 g/mol. The highest BCUT2D eigenvalue weighted by Gasteiger charge is 2.32. The Hall–Kier alpha value is -1.82. The highest BCUT2D eigenvalue weighted by atomic mass is 35.5. The van der Waals surface area contributed by atoms with Gasteiger partial charge < -0.3 is 9.64 Å². The van der Waals surface area contributed by atoms with Crippen molar-refractivity contribution < 1.29 is 14.5 Å². The minimum Gasteiger partial charge on any atom is -0.479 e. The molecule has 1 aromatic carbocycles. The van der Waals surface area contributed by atoms with Crippen molar-refractivity contribution in [2.24, 2.45) is 0 Å². The Kier molecular flexibility index (Phi) is 5.46. The fourth-order valence-electron chi connectivity index (χ4n) is 3.01. The summed E-state index contributed by atoms with van der Waals surface area (Å²) >= 11 is 6.01. The Balaban J connectivity index is 2.10. The highest BCUT2D eigenvalue weighted by molar-refractivity contribution is 6.32. The Bertz CT molecular complexity index is 598.